The zero-order valence-electron chi connectivity index (χ0n) is 11.8. The monoisotopic (exact) mass is 307 g/mol. The predicted molar refractivity (Wildman–Crippen MR) is 80.5 cm³/mol. The summed E-state index contributed by atoms with van der Waals surface area (Å²) in [4.78, 5) is 16.5. The van der Waals surface area contributed by atoms with E-state index < -0.39 is 5.43 Å². The van der Waals surface area contributed by atoms with Crippen LogP contribution in [0.15, 0.2) is 28.1 Å². The summed E-state index contributed by atoms with van der Waals surface area (Å²) in [6.07, 6.45) is 1.51. The molecule has 0 radical (unpaired) electrons. The number of nitrogens with one attached hydrogen (secondary N) is 1. The number of H-pyrrole nitrogens is 1. The highest BCUT2D eigenvalue weighted by Crippen LogP contribution is 2.28. The summed E-state index contributed by atoms with van der Waals surface area (Å²) >= 11 is 5.66. The maximum atomic E-state index is 11.8. The zero-order chi connectivity index (χ0) is 15.4. The molecule has 0 amide bonds. The lowest BCUT2D eigenvalue weighted by molar-refractivity contribution is 0.215. The lowest BCUT2D eigenvalue weighted by atomic mass is 10.1. The van der Waals surface area contributed by atoms with Crippen molar-refractivity contribution in [1.29, 1.82) is 0 Å². The van der Waals surface area contributed by atoms with Gasteiger partial charge in [0.05, 0.1) is 6.21 Å². The lowest BCUT2D eigenvalue weighted by Crippen LogP contribution is -2.09. The van der Waals surface area contributed by atoms with Crippen LogP contribution in [0.4, 0.5) is 0 Å². The van der Waals surface area contributed by atoms with Gasteiger partial charge in [0, 0.05) is 11.6 Å². The van der Waals surface area contributed by atoms with Gasteiger partial charge in [0.2, 0.25) is 5.43 Å². The van der Waals surface area contributed by atoms with Crippen molar-refractivity contribution >= 4 is 17.8 Å². The van der Waals surface area contributed by atoms with Crippen LogP contribution in [-0.2, 0) is 4.84 Å². The number of halogens is 1. The first kappa shape index (κ1) is 15.1. The average molecular weight is 308 g/mol. The van der Waals surface area contributed by atoms with Gasteiger partial charge >= 0.3 is 0 Å². The Labute approximate surface area is 126 Å². The largest absolute Gasteiger partial charge is 0.434 e. The van der Waals surface area contributed by atoms with E-state index in [-0.39, 0.29) is 11.0 Å². The summed E-state index contributed by atoms with van der Waals surface area (Å²) in [6, 6.07) is 4.96. The van der Waals surface area contributed by atoms with Crippen molar-refractivity contribution < 1.29 is 9.57 Å². The summed E-state index contributed by atoms with van der Waals surface area (Å²) < 4.78 is 5.64. The van der Waals surface area contributed by atoms with Gasteiger partial charge in [0.1, 0.15) is 18.0 Å². The number of nitrogens with zero attached hydrogens (tertiary/aromatic N) is 2. The fourth-order valence-electron chi connectivity index (χ4n) is 1.70. The number of rotatable bonds is 4. The van der Waals surface area contributed by atoms with E-state index in [0.29, 0.717) is 11.3 Å². The maximum absolute atomic E-state index is 11.8. The molecule has 7 heteroatoms. The quantitative estimate of drug-likeness (QED) is 0.696. The zero-order valence-corrected chi connectivity index (χ0v) is 12.6. The average Bonchev–Trinajstić information content (AvgIpc) is 2.45. The second-order valence-electron chi connectivity index (χ2n) is 4.33. The number of aryl methyl sites for hydroxylation is 1. The fraction of sp³-hybridized carbons (Fsp3) is 0.214. The number of hydrogen-bond acceptors (Lipinski definition) is 5. The van der Waals surface area contributed by atoms with E-state index in [2.05, 4.69) is 20.2 Å². The highest BCUT2D eigenvalue weighted by Gasteiger charge is 2.13. The molecule has 6 nitrogen and oxygen atoms in total. The molecule has 21 heavy (non-hydrogen) atoms. The number of benzene rings is 1. The molecule has 0 spiro atoms. The molecule has 0 fully saturated rings. The molecule has 1 N–H and O–H groups in total. The summed E-state index contributed by atoms with van der Waals surface area (Å²) in [5.41, 5.74) is 2.17. The van der Waals surface area contributed by atoms with Crippen LogP contribution in [0.5, 0.6) is 11.6 Å². The molecule has 0 bridgehead atoms. The normalized spacial score (nSPS) is 10.9. The Morgan fingerprint density at radius 1 is 1.38 bits per heavy atom. The van der Waals surface area contributed by atoms with Gasteiger partial charge in [-0.1, -0.05) is 22.8 Å². The Morgan fingerprint density at radius 3 is 2.81 bits per heavy atom. The molecule has 0 saturated carbocycles. The third-order valence-electron chi connectivity index (χ3n) is 2.94. The topological polar surface area (TPSA) is 76.6 Å². The van der Waals surface area contributed by atoms with Crippen molar-refractivity contribution in [1.82, 2.24) is 10.2 Å². The Hall–Kier alpha value is -2.34. The molecule has 0 aliphatic rings. The molecule has 1 heterocycles. The molecular formula is C14H14ClN3O3. The molecule has 1 aromatic carbocycles. The van der Waals surface area contributed by atoms with Gasteiger partial charge in [-0.15, -0.1) is 5.10 Å². The van der Waals surface area contributed by atoms with Gasteiger partial charge in [-0.2, -0.15) is 0 Å². The van der Waals surface area contributed by atoms with Crippen molar-refractivity contribution in [2.24, 2.45) is 5.16 Å². The molecule has 0 saturated heterocycles. The maximum Gasteiger partial charge on any atom is 0.285 e. The van der Waals surface area contributed by atoms with Crippen molar-refractivity contribution in [3.05, 3.63) is 50.3 Å². The molecular weight excluding hydrogens is 294 g/mol. The molecule has 0 aliphatic carbocycles. The second kappa shape index (κ2) is 6.41. The second-order valence-corrected chi connectivity index (χ2v) is 4.74. The van der Waals surface area contributed by atoms with Crippen LogP contribution >= 0.6 is 11.6 Å². The van der Waals surface area contributed by atoms with Gasteiger partial charge in [0.25, 0.3) is 5.88 Å². The third-order valence-corrected chi connectivity index (χ3v) is 3.13. The van der Waals surface area contributed by atoms with E-state index in [9.17, 15) is 4.79 Å². The fourth-order valence-corrected chi connectivity index (χ4v) is 1.84. The van der Waals surface area contributed by atoms with Crippen LogP contribution in [0.25, 0.3) is 0 Å². The van der Waals surface area contributed by atoms with Crippen LogP contribution in [-0.4, -0.2) is 23.5 Å². The van der Waals surface area contributed by atoms with Gasteiger partial charge in [-0.05, 0) is 31.0 Å². The van der Waals surface area contributed by atoms with Crippen molar-refractivity contribution in [2.45, 2.75) is 13.8 Å². The SMILES string of the molecule is CON=Cc1ccc(C)c(C)c1Oc1n[nH]c(Cl)cc1=O. The summed E-state index contributed by atoms with van der Waals surface area (Å²) in [7, 11) is 1.45. The molecule has 0 unspecified atom stereocenters. The minimum absolute atomic E-state index is 0.0832. The molecule has 0 atom stereocenters. The lowest BCUT2D eigenvalue weighted by Gasteiger charge is -2.12. The van der Waals surface area contributed by atoms with Crippen LogP contribution < -0.4 is 10.2 Å². The van der Waals surface area contributed by atoms with E-state index in [4.69, 9.17) is 16.3 Å². The molecule has 110 valence electrons. The molecule has 2 rings (SSSR count). The van der Waals surface area contributed by atoms with Crippen LogP contribution in [0.3, 0.4) is 0 Å². The predicted octanol–water partition coefficient (Wildman–Crippen LogP) is 2.81. The van der Waals surface area contributed by atoms with Crippen molar-refractivity contribution in [2.75, 3.05) is 7.11 Å². The van der Waals surface area contributed by atoms with E-state index in [0.717, 1.165) is 11.1 Å². The first-order valence-corrected chi connectivity index (χ1v) is 6.50. The molecule has 2 aromatic rings. The van der Waals surface area contributed by atoms with Crippen molar-refractivity contribution in [3.8, 4) is 11.6 Å². The van der Waals surface area contributed by atoms with Crippen molar-refractivity contribution in [3.63, 3.8) is 0 Å². The number of aromatic amines is 1. The Morgan fingerprint density at radius 2 is 2.14 bits per heavy atom. The summed E-state index contributed by atoms with van der Waals surface area (Å²) in [6.45, 7) is 3.83. The minimum Gasteiger partial charge on any atom is -0.434 e. The summed E-state index contributed by atoms with van der Waals surface area (Å²) in [5, 5.41) is 10.2. The minimum atomic E-state index is -0.408. The Balaban J connectivity index is 2.49. The van der Waals surface area contributed by atoms with Crippen LogP contribution in [0.2, 0.25) is 5.15 Å². The third kappa shape index (κ3) is 3.41. The van der Waals surface area contributed by atoms with Crippen LogP contribution in [0, 0.1) is 13.8 Å². The van der Waals surface area contributed by atoms with E-state index >= 15 is 0 Å². The van der Waals surface area contributed by atoms with Gasteiger partial charge in [-0.25, -0.2) is 0 Å². The van der Waals surface area contributed by atoms with E-state index in [1.54, 1.807) is 0 Å². The highest BCUT2D eigenvalue weighted by atomic mass is 35.5. The first-order chi connectivity index (χ1) is 10.0. The molecule has 1 aromatic heterocycles. The van der Waals surface area contributed by atoms with Gasteiger partial charge < -0.3 is 9.57 Å². The molecule has 0 aliphatic heterocycles. The summed E-state index contributed by atoms with van der Waals surface area (Å²) in [5.74, 6) is 0.413. The highest BCUT2D eigenvalue weighted by molar-refractivity contribution is 6.29. The Kier molecular flexibility index (Phi) is 4.59. The number of oxime groups is 1. The Bertz CT molecular complexity index is 741. The van der Waals surface area contributed by atoms with E-state index in [1.165, 1.54) is 19.4 Å². The smallest absolute Gasteiger partial charge is 0.285 e. The van der Waals surface area contributed by atoms with E-state index in [1.807, 2.05) is 26.0 Å². The number of ether oxygens (including phenoxy) is 1. The standard InChI is InChI=1S/C14H14ClN3O3/c1-8-4-5-10(7-16-20-3)13(9(8)2)21-14-11(19)6-12(15)17-18-14/h4-7H,1-3H3,(H,17,19). The van der Waals surface area contributed by atoms with Crippen LogP contribution in [0.1, 0.15) is 16.7 Å². The van der Waals surface area contributed by atoms with Gasteiger partial charge in [0.15, 0.2) is 0 Å². The number of hydrogen-bond donors (Lipinski definition) is 1. The number of aromatic nitrogens is 2. The van der Waals surface area contributed by atoms with Gasteiger partial charge in [-0.3, -0.25) is 9.89 Å². The first-order valence-electron chi connectivity index (χ1n) is 6.12.